The van der Waals surface area contributed by atoms with Crippen LogP contribution in [0.25, 0.3) is 10.2 Å². The van der Waals surface area contributed by atoms with Crippen molar-refractivity contribution in [2.24, 2.45) is 0 Å². The molecule has 0 unspecified atom stereocenters. The van der Waals surface area contributed by atoms with Crippen LogP contribution in [0.2, 0.25) is 5.02 Å². The molecule has 0 aliphatic carbocycles. The molecule has 0 atom stereocenters. The maximum atomic E-state index is 12.5. The number of halogens is 1. The topological polar surface area (TPSA) is 100 Å². The Morgan fingerprint density at radius 1 is 1.25 bits per heavy atom. The van der Waals surface area contributed by atoms with Crippen molar-refractivity contribution < 1.29 is 14.6 Å². The molecule has 4 heterocycles. The first-order valence-electron chi connectivity index (χ1n) is 11.5. The Balaban J connectivity index is 1.33. The second-order valence-electron chi connectivity index (χ2n) is 8.21. The lowest BCUT2D eigenvalue weighted by Gasteiger charge is -2.26. The van der Waals surface area contributed by atoms with Gasteiger partial charge in [-0.15, -0.1) is 11.3 Å². The molecule has 2 N–H and O–H groups in total. The molecule has 1 amide bonds. The van der Waals surface area contributed by atoms with E-state index in [9.17, 15) is 4.79 Å². The highest BCUT2D eigenvalue weighted by Crippen LogP contribution is 2.38. The largest absolute Gasteiger partial charge is 0.486 e. The minimum absolute atomic E-state index is 0.0326. The van der Waals surface area contributed by atoms with E-state index in [-0.39, 0.29) is 12.5 Å². The van der Waals surface area contributed by atoms with Crippen molar-refractivity contribution in [1.29, 1.82) is 0 Å². The highest BCUT2D eigenvalue weighted by atomic mass is 35.5. The Labute approximate surface area is 217 Å². The van der Waals surface area contributed by atoms with Crippen LogP contribution in [0.3, 0.4) is 0 Å². The van der Waals surface area contributed by atoms with Crippen LogP contribution in [-0.4, -0.2) is 44.0 Å². The van der Waals surface area contributed by atoms with Gasteiger partial charge in [-0.3, -0.25) is 9.78 Å². The molecule has 3 aromatic heterocycles. The zero-order valence-electron chi connectivity index (χ0n) is 19.4. The number of hydrogen-bond acceptors (Lipinski definition) is 8. The number of hydrogen-bond donors (Lipinski definition) is 2. The van der Waals surface area contributed by atoms with Gasteiger partial charge in [0.25, 0.3) is 0 Å². The van der Waals surface area contributed by atoms with Crippen LogP contribution in [0.1, 0.15) is 22.6 Å². The Morgan fingerprint density at radius 2 is 2.17 bits per heavy atom. The first-order chi connectivity index (χ1) is 17.6. The van der Waals surface area contributed by atoms with Gasteiger partial charge in [0.2, 0.25) is 5.91 Å². The quantitative estimate of drug-likeness (QED) is 0.318. The molecule has 4 aromatic rings. The van der Waals surface area contributed by atoms with Crippen molar-refractivity contribution >= 4 is 50.6 Å². The monoisotopic (exact) mass is 521 g/mol. The number of rotatable bonds is 8. The zero-order chi connectivity index (χ0) is 24.9. The lowest BCUT2D eigenvalue weighted by atomic mass is 10.0. The molecular weight excluding hydrogens is 498 g/mol. The van der Waals surface area contributed by atoms with E-state index in [1.165, 1.54) is 11.6 Å². The van der Waals surface area contributed by atoms with E-state index in [0.717, 1.165) is 32.9 Å². The van der Waals surface area contributed by atoms with Crippen LogP contribution in [0.15, 0.2) is 61.1 Å². The van der Waals surface area contributed by atoms with Gasteiger partial charge in [0, 0.05) is 29.9 Å². The molecular formula is C26H24ClN5O3S. The third-order valence-electron chi connectivity index (χ3n) is 5.80. The summed E-state index contributed by atoms with van der Waals surface area (Å²) in [6, 6.07) is 11.2. The summed E-state index contributed by atoms with van der Waals surface area (Å²) in [7, 11) is 0. The second-order valence-corrected chi connectivity index (χ2v) is 9.70. The molecule has 10 heteroatoms. The molecule has 184 valence electrons. The molecule has 0 radical (unpaired) electrons. The number of benzene rings is 1. The lowest BCUT2D eigenvalue weighted by molar-refractivity contribution is -0.126. The third-order valence-corrected chi connectivity index (χ3v) is 7.22. The van der Waals surface area contributed by atoms with Gasteiger partial charge >= 0.3 is 0 Å². The van der Waals surface area contributed by atoms with Gasteiger partial charge in [0.1, 0.15) is 29.3 Å². The molecule has 8 nitrogen and oxygen atoms in total. The van der Waals surface area contributed by atoms with E-state index in [1.54, 1.807) is 36.0 Å². The Bertz CT molecular complexity index is 1410. The first kappa shape index (κ1) is 24.2. The van der Waals surface area contributed by atoms with E-state index in [0.29, 0.717) is 42.7 Å². The van der Waals surface area contributed by atoms with E-state index in [2.05, 4.69) is 20.3 Å². The molecule has 1 aliphatic heterocycles. The molecule has 0 saturated carbocycles. The van der Waals surface area contributed by atoms with Crippen LogP contribution < -0.4 is 10.1 Å². The zero-order valence-corrected chi connectivity index (χ0v) is 20.9. The van der Waals surface area contributed by atoms with Crippen molar-refractivity contribution in [3.63, 3.8) is 0 Å². The molecule has 5 rings (SSSR count). The van der Waals surface area contributed by atoms with Crippen LogP contribution in [0.5, 0.6) is 5.75 Å². The van der Waals surface area contributed by atoms with Crippen molar-refractivity contribution in [2.75, 3.05) is 18.5 Å². The number of nitrogens with zero attached hydrogens (tertiary/aromatic N) is 4. The number of aliphatic hydroxyl groups excluding tert-OH is 1. The number of nitrogens with one attached hydrogen (secondary N) is 1. The van der Waals surface area contributed by atoms with Crippen molar-refractivity contribution in [3.8, 4) is 5.75 Å². The number of aliphatic hydroxyl groups is 1. The van der Waals surface area contributed by atoms with E-state index < -0.39 is 0 Å². The van der Waals surface area contributed by atoms with Gasteiger partial charge in [-0.1, -0.05) is 23.7 Å². The second kappa shape index (κ2) is 11.0. The number of ether oxygens (including phenoxy) is 1. The number of aromatic nitrogens is 3. The van der Waals surface area contributed by atoms with Gasteiger partial charge in [-0.2, -0.15) is 0 Å². The van der Waals surface area contributed by atoms with Gasteiger partial charge in [-0.25, -0.2) is 9.97 Å². The summed E-state index contributed by atoms with van der Waals surface area (Å²) in [4.78, 5) is 29.5. The smallest absolute Gasteiger partial charge is 0.246 e. The summed E-state index contributed by atoms with van der Waals surface area (Å²) >= 11 is 8.08. The number of thiophene rings is 1. The number of carbonyl (C=O) groups is 1. The summed E-state index contributed by atoms with van der Waals surface area (Å²) in [5.41, 5.74) is 2.78. The average molecular weight is 522 g/mol. The maximum Gasteiger partial charge on any atom is 0.246 e. The summed E-state index contributed by atoms with van der Waals surface area (Å²) in [5.74, 6) is 1.24. The van der Waals surface area contributed by atoms with Crippen LogP contribution >= 0.6 is 22.9 Å². The minimum Gasteiger partial charge on any atom is -0.486 e. The molecule has 1 aliphatic rings. The summed E-state index contributed by atoms with van der Waals surface area (Å²) in [5, 5.41) is 13.8. The number of anilines is 2. The normalized spacial score (nSPS) is 13.2. The Hall–Kier alpha value is -3.53. The van der Waals surface area contributed by atoms with Crippen molar-refractivity contribution in [2.45, 2.75) is 26.0 Å². The average Bonchev–Trinajstić information content (AvgIpc) is 3.28. The fraction of sp³-hybridized carbons (Fsp3) is 0.231. The SMILES string of the molecule is O=C(/C=C/CCO)N1CCc2c(sc3ncnc(Nc4ccc(OCc5ccccn5)c(Cl)c4)c23)C1. The van der Waals surface area contributed by atoms with E-state index in [4.69, 9.17) is 21.4 Å². The summed E-state index contributed by atoms with van der Waals surface area (Å²) < 4.78 is 5.82. The predicted molar refractivity (Wildman–Crippen MR) is 141 cm³/mol. The Morgan fingerprint density at radius 3 is 2.97 bits per heavy atom. The summed E-state index contributed by atoms with van der Waals surface area (Å²) in [6.07, 6.45) is 7.70. The van der Waals surface area contributed by atoms with Gasteiger partial charge < -0.3 is 20.1 Å². The lowest BCUT2D eigenvalue weighted by Crippen LogP contribution is -2.34. The highest BCUT2D eigenvalue weighted by molar-refractivity contribution is 7.19. The molecule has 0 bridgehead atoms. The van der Waals surface area contributed by atoms with Crippen LogP contribution in [0, 0.1) is 0 Å². The number of fused-ring (bicyclic) bond motifs is 3. The molecule has 0 fully saturated rings. The van der Waals surface area contributed by atoms with Crippen LogP contribution in [-0.2, 0) is 24.4 Å². The molecule has 1 aromatic carbocycles. The predicted octanol–water partition coefficient (Wildman–Crippen LogP) is 4.89. The fourth-order valence-corrected chi connectivity index (χ4v) is 5.48. The minimum atomic E-state index is -0.0454. The van der Waals surface area contributed by atoms with Crippen molar-refractivity contribution in [3.05, 3.63) is 82.2 Å². The van der Waals surface area contributed by atoms with E-state index in [1.807, 2.05) is 35.2 Å². The Kier molecular flexibility index (Phi) is 7.41. The number of pyridine rings is 1. The van der Waals surface area contributed by atoms with Crippen LogP contribution in [0.4, 0.5) is 11.5 Å². The summed E-state index contributed by atoms with van der Waals surface area (Å²) in [6.45, 7) is 1.51. The molecule has 0 saturated heterocycles. The standard InChI is InChI=1S/C26H24ClN5O3S/c27-20-13-17(7-8-21(20)35-15-18-5-1-3-10-28-18)31-25-24-19-9-11-32(23(34)6-2-4-12-33)14-22(19)36-26(24)30-16-29-25/h1-3,5-8,10,13,16,33H,4,9,11-12,14-15H2,(H,29,30,31)/b6-2+. The molecule has 36 heavy (non-hydrogen) atoms. The third kappa shape index (κ3) is 5.33. The highest BCUT2D eigenvalue weighted by Gasteiger charge is 2.25. The van der Waals surface area contributed by atoms with Gasteiger partial charge in [-0.05, 0) is 54.8 Å². The molecule has 0 spiro atoms. The van der Waals surface area contributed by atoms with Gasteiger partial charge in [0.15, 0.2) is 0 Å². The maximum absolute atomic E-state index is 12.5. The number of amides is 1. The fourth-order valence-electron chi connectivity index (χ4n) is 4.04. The first-order valence-corrected chi connectivity index (χ1v) is 12.7. The van der Waals surface area contributed by atoms with E-state index >= 15 is 0 Å². The van der Waals surface area contributed by atoms with Gasteiger partial charge in [0.05, 0.1) is 22.6 Å². The van der Waals surface area contributed by atoms with Crippen molar-refractivity contribution in [1.82, 2.24) is 19.9 Å². The number of carbonyl (C=O) groups excluding carboxylic acids is 1.